The van der Waals surface area contributed by atoms with Crippen molar-refractivity contribution in [2.45, 2.75) is 33.6 Å². The van der Waals surface area contributed by atoms with Crippen LogP contribution in [0.25, 0.3) is 0 Å². The van der Waals surface area contributed by atoms with Crippen molar-refractivity contribution in [3.63, 3.8) is 0 Å². The lowest BCUT2D eigenvalue weighted by Gasteiger charge is -2.09. The maximum Gasteiger partial charge on any atom is 0.166 e. The molecular formula is C17H22O2. The second-order valence-electron chi connectivity index (χ2n) is 5.59. The standard InChI is InChI=1S/C17H22O2/c1-4-5-6-14-9-13-7-8-15(19-11-12(2)3)10-16(13)17(14)18/h4-5,7-8,10,12,14H,6,9,11H2,1-3H3. The van der Waals surface area contributed by atoms with Crippen LogP contribution >= 0.6 is 0 Å². The van der Waals surface area contributed by atoms with E-state index >= 15 is 0 Å². The normalized spacial score (nSPS) is 18.3. The number of carbonyl (C=O) groups is 1. The molecule has 1 aliphatic carbocycles. The maximum absolute atomic E-state index is 12.3. The molecule has 19 heavy (non-hydrogen) atoms. The summed E-state index contributed by atoms with van der Waals surface area (Å²) < 4.78 is 5.69. The predicted molar refractivity (Wildman–Crippen MR) is 77.7 cm³/mol. The number of Topliss-reactive ketones (excluding diaryl/α,β-unsaturated/α-hetero) is 1. The second-order valence-corrected chi connectivity index (χ2v) is 5.59. The number of ketones is 1. The number of benzene rings is 1. The molecule has 0 bridgehead atoms. The number of fused-ring (bicyclic) bond motifs is 1. The van der Waals surface area contributed by atoms with E-state index in [2.05, 4.69) is 19.9 Å². The van der Waals surface area contributed by atoms with Gasteiger partial charge in [0.2, 0.25) is 0 Å². The number of allylic oxidation sites excluding steroid dienone is 2. The molecule has 1 atom stereocenters. The zero-order chi connectivity index (χ0) is 13.8. The van der Waals surface area contributed by atoms with Crippen molar-refractivity contribution in [3.8, 4) is 5.75 Å². The third kappa shape index (κ3) is 3.25. The first-order valence-corrected chi connectivity index (χ1v) is 7.03. The zero-order valence-electron chi connectivity index (χ0n) is 12.0. The average Bonchev–Trinajstić information content (AvgIpc) is 2.71. The minimum atomic E-state index is 0.117. The minimum Gasteiger partial charge on any atom is -0.493 e. The Labute approximate surface area is 115 Å². The highest BCUT2D eigenvalue weighted by molar-refractivity contribution is 6.02. The molecule has 0 aliphatic heterocycles. The van der Waals surface area contributed by atoms with Crippen LogP contribution in [0.2, 0.25) is 0 Å². The van der Waals surface area contributed by atoms with Crippen molar-refractivity contribution < 1.29 is 9.53 Å². The van der Waals surface area contributed by atoms with Gasteiger partial charge < -0.3 is 4.74 Å². The van der Waals surface area contributed by atoms with Gasteiger partial charge in [-0.25, -0.2) is 0 Å². The Balaban J connectivity index is 2.11. The van der Waals surface area contributed by atoms with Crippen LogP contribution in [0.1, 0.15) is 43.1 Å². The molecule has 1 aromatic carbocycles. The van der Waals surface area contributed by atoms with Gasteiger partial charge in [-0.15, -0.1) is 0 Å². The Morgan fingerprint density at radius 1 is 1.42 bits per heavy atom. The van der Waals surface area contributed by atoms with Crippen LogP contribution in [0, 0.1) is 11.8 Å². The first kappa shape index (κ1) is 13.9. The Morgan fingerprint density at radius 2 is 2.21 bits per heavy atom. The van der Waals surface area contributed by atoms with Gasteiger partial charge in [0.1, 0.15) is 5.75 Å². The van der Waals surface area contributed by atoms with Crippen LogP contribution in [-0.2, 0) is 6.42 Å². The molecule has 0 heterocycles. The number of hydrogen-bond acceptors (Lipinski definition) is 2. The SMILES string of the molecule is CC=CCC1Cc2ccc(OCC(C)C)cc2C1=O. The van der Waals surface area contributed by atoms with Crippen LogP contribution in [0.4, 0.5) is 0 Å². The minimum absolute atomic E-state index is 0.117. The predicted octanol–water partition coefficient (Wildman–Crippen LogP) is 4.04. The third-order valence-corrected chi connectivity index (χ3v) is 3.42. The van der Waals surface area contributed by atoms with Gasteiger partial charge >= 0.3 is 0 Å². The summed E-state index contributed by atoms with van der Waals surface area (Å²) in [6.45, 7) is 6.91. The summed E-state index contributed by atoms with van der Waals surface area (Å²) >= 11 is 0. The fourth-order valence-corrected chi connectivity index (χ4v) is 2.38. The van der Waals surface area contributed by atoms with E-state index in [1.54, 1.807) is 0 Å². The van der Waals surface area contributed by atoms with Crippen molar-refractivity contribution in [1.29, 1.82) is 0 Å². The Bertz CT molecular complexity index is 486. The van der Waals surface area contributed by atoms with Crippen LogP contribution in [0.3, 0.4) is 0 Å². The lowest BCUT2D eigenvalue weighted by molar-refractivity contribution is 0.0937. The molecule has 0 spiro atoms. The molecule has 2 nitrogen and oxygen atoms in total. The lowest BCUT2D eigenvalue weighted by Crippen LogP contribution is -2.08. The van der Waals surface area contributed by atoms with Crippen LogP contribution in [0.15, 0.2) is 30.4 Å². The smallest absolute Gasteiger partial charge is 0.166 e. The van der Waals surface area contributed by atoms with Gasteiger partial charge in [-0.3, -0.25) is 4.79 Å². The molecule has 0 radical (unpaired) electrons. The van der Waals surface area contributed by atoms with Crippen molar-refractivity contribution in [1.82, 2.24) is 0 Å². The van der Waals surface area contributed by atoms with Gasteiger partial charge in [0.25, 0.3) is 0 Å². The van der Waals surface area contributed by atoms with E-state index in [1.807, 2.05) is 31.2 Å². The molecule has 0 amide bonds. The molecule has 0 saturated heterocycles. The highest BCUT2D eigenvalue weighted by Crippen LogP contribution is 2.31. The van der Waals surface area contributed by atoms with Gasteiger partial charge in [0, 0.05) is 11.5 Å². The largest absolute Gasteiger partial charge is 0.493 e. The first-order chi connectivity index (χ1) is 9.11. The summed E-state index contributed by atoms with van der Waals surface area (Å²) in [6, 6.07) is 5.93. The molecule has 0 saturated carbocycles. The Morgan fingerprint density at radius 3 is 2.89 bits per heavy atom. The summed E-state index contributed by atoms with van der Waals surface area (Å²) in [5.41, 5.74) is 2.02. The van der Waals surface area contributed by atoms with E-state index in [4.69, 9.17) is 4.74 Å². The first-order valence-electron chi connectivity index (χ1n) is 7.03. The van der Waals surface area contributed by atoms with Crippen LogP contribution in [-0.4, -0.2) is 12.4 Å². The number of rotatable bonds is 5. The van der Waals surface area contributed by atoms with E-state index in [1.165, 1.54) is 0 Å². The molecule has 102 valence electrons. The van der Waals surface area contributed by atoms with Crippen molar-refractivity contribution in [2.24, 2.45) is 11.8 Å². The second kappa shape index (κ2) is 6.05. The van der Waals surface area contributed by atoms with Gasteiger partial charge in [-0.1, -0.05) is 32.1 Å². The molecule has 2 heteroatoms. The van der Waals surface area contributed by atoms with Crippen LogP contribution in [0.5, 0.6) is 5.75 Å². The van der Waals surface area contributed by atoms with Crippen molar-refractivity contribution in [3.05, 3.63) is 41.5 Å². The van der Waals surface area contributed by atoms with E-state index < -0.39 is 0 Å². The molecule has 2 rings (SSSR count). The van der Waals surface area contributed by atoms with Crippen molar-refractivity contribution >= 4 is 5.78 Å². The summed E-state index contributed by atoms with van der Waals surface area (Å²) in [5.74, 6) is 1.69. The number of ether oxygens (including phenoxy) is 1. The number of hydrogen-bond donors (Lipinski definition) is 0. The molecular weight excluding hydrogens is 236 g/mol. The Hall–Kier alpha value is -1.57. The third-order valence-electron chi connectivity index (χ3n) is 3.42. The fourth-order valence-electron chi connectivity index (χ4n) is 2.38. The zero-order valence-corrected chi connectivity index (χ0v) is 12.0. The highest BCUT2D eigenvalue weighted by atomic mass is 16.5. The molecule has 1 aliphatic rings. The van der Waals surface area contributed by atoms with E-state index in [0.29, 0.717) is 12.5 Å². The quantitative estimate of drug-likeness (QED) is 0.745. The van der Waals surface area contributed by atoms with E-state index in [0.717, 1.165) is 29.7 Å². The molecule has 1 aromatic rings. The summed E-state index contributed by atoms with van der Waals surface area (Å²) in [6.07, 6.45) is 5.78. The highest BCUT2D eigenvalue weighted by Gasteiger charge is 2.29. The summed E-state index contributed by atoms with van der Waals surface area (Å²) in [4.78, 5) is 12.3. The topological polar surface area (TPSA) is 26.3 Å². The summed E-state index contributed by atoms with van der Waals surface area (Å²) in [7, 11) is 0. The lowest BCUT2D eigenvalue weighted by atomic mass is 10.0. The van der Waals surface area contributed by atoms with Crippen LogP contribution < -0.4 is 4.74 Å². The Kier molecular flexibility index (Phi) is 4.41. The monoisotopic (exact) mass is 258 g/mol. The van der Waals surface area contributed by atoms with Crippen molar-refractivity contribution in [2.75, 3.05) is 6.61 Å². The maximum atomic E-state index is 12.3. The molecule has 1 unspecified atom stereocenters. The fraction of sp³-hybridized carbons (Fsp3) is 0.471. The van der Waals surface area contributed by atoms with E-state index in [9.17, 15) is 4.79 Å². The van der Waals surface area contributed by atoms with Gasteiger partial charge in [-0.2, -0.15) is 0 Å². The van der Waals surface area contributed by atoms with E-state index in [-0.39, 0.29) is 11.7 Å². The molecule has 0 aromatic heterocycles. The van der Waals surface area contributed by atoms with Gasteiger partial charge in [-0.05, 0) is 43.4 Å². The number of carbonyl (C=O) groups excluding carboxylic acids is 1. The molecule has 0 fully saturated rings. The van der Waals surface area contributed by atoms with Gasteiger partial charge in [0.15, 0.2) is 5.78 Å². The average molecular weight is 258 g/mol. The summed E-state index contributed by atoms with van der Waals surface area (Å²) in [5, 5.41) is 0. The molecule has 0 N–H and O–H groups in total. The van der Waals surface area contributed by atoms with Gasteiger partial charge in [0.05, 0.1) is 6.61 Å².